The maximum Gasteiger partial charge on any atom is 0.0389 e. The standard InChI is InChI=1S/C6H14N2O/c7-6-3-1-2-4-8(9)5-6/h6,9H,1-5,7H2. The van der Waals surface area contributed by atoms with Crippen molar-refractivity contribution in [2.45, 2.75) is 25.3 Å². The molecule has 3 heteroatoms. The zero-order chi connectivity index (χ0) is 6.69. The molecule has 1 saturated heterocycles. The highest BCUT2D eigenvalue weighted by atomic mass is 16.5. The number of nitrogens with two attached hydrogens (primary N) is 1. The van der Waals surface area contributed by atoms with Crippen molar-refractivity contribution in [1.82, 2.24) is 5.06 Å². The molecule has 1 atom stereocenters. The van der Waals surface area contributed by atoms with Crippen LogP contribution in [0, 0.1) is 0 Å². The van der Waals surface area contributed by atoms with Gasteiger partial charge in [-0.3, -0.25) is 0 Å². The van der Waals surface area contributed by atoms with Crippen molar-refractivity contribution in [2.75, 3.05) is 13.1 Å². The summed E-state index contributed by atoms with van der Waals surface area (Å²) in [5, 5.41) is 10.3. The van der Waals surface area contributed by atoms with E-state index in [9.17, 15) is 0 Å². The van der Waals surface area contributed by atoms with E-state index >= 15 is 0 Å². The Morgan fingerprint density at radius 1 is 1.44 bits per heavy atom. The lowest BCUT2D eigenvalue weighted by molar-refractivity contribution is -0.0899. The number of hydrogen-bond donors (Lipinski definition) is 2. The summed E-state index contributed by atoms with van der Waals surface area (Å²) in [5.74, 6) is 0. The first kappa shape index (κ1) is 6.99. The Morgan fingerprint density at radius 3 is 3.00 bits per heavy atom. The van der Waals surface area contributed by atoms with Gasteiger partial charge in [0.1, 0.15) is 0 Å². The molecule has 0 aromatic carbocycles. The van der Waals surface area contributed by atoms with Crippen LogP contribution in [0.15, 0.2) is 0 Å². The Morgan fingerprint density at radius 2 is 2.22 bits per heavy atom. The Hall–Kier alpha value is -0.120. The highest BCUT2D eigenvalue weighted by Crippen LogP contribution is 2.06. The van der Waals surface area contributed by atoms with E-state index < -0.39 is 0 Å². The van der Waals surface area contributed by atoms with E-state index in [1.165, 1.54) is 5.06 Å². The monoisotopic (exact) mass is 130 g/mol. The van der Waals surface area contributed by atoms with E-state index in [-0.39, 0.29) is 6.04 Å². The lowest BCUT2D eigenvalue weighted by Crippen LogP contribution is -2.33. The molecule has 3 N–H and O–H groups in total. The quantitative estimate of drug-likeness (QED) is 0.492. The van der Waals surface area contributed by atoms with Gasteiger partial charge in [0.05, 0.1) is 0 Å². The fourth-order valence-electron chi connectivity index (χ4n) is 1.15. The van der Waals surface area contributed by atoms with E-state index in [1.54, 1.807) is 0 Å². The van der Waals surface area contributed by atoms with Gasteiger partial charge in [-0.25, -0.2) is 0 Å². The van der Waals surface area contributed by atoms with Crippen LogP contribution in [0.3, 0.4) is 0 Å². The lowest BCUT2D eigenvalue weighted by atomic mass is 10.2. The average Bonchev–Trinajstić information content (AvgIpc) is 1.93. The summed E-state index contributed by atoms with van der Waals surface area (Å²) < 4.78 is 0. The zero-order valence-corrected chi connectivity index (χ0v) is 5.58. The van der Waals surface area contributed by atoms with Gasteiger partial charge < -0.3 is 10.9 Å². The minimum Gasteiger partial charge on any atom is -0.326 e. The molecule has 0 spiro atoms. The topological polar surface area (TPSA) is 49.5 Å². The van der Waals surface area contributed by atoms with Gasteiger partial charge in [-0.1, -0.05) is 6.42 Å². The molecule has 9 heavy (non-hydrogen) atoms. The Labute approximate surface area is 55.4 Å². The molecular formula is C6H14N2O. The van der Waals surface area contributed by atoms with E-state index in [1.807, 2.05) is 0 Å². The smallest absolute Gasteiger partial charge is 0.0389 e. The second-order valence-electron chi connectivity index (χ2n) is 2.67. The van der Waals surface area contributed by atoms with Crippen LogP contribution in [0.5, 0.6) is 0 Å². The lowest BCUT2D eigenvalue weighted by Gasteiger charge is -2.13. The maximum absolute atomic E-state index is 9.01. The van der Waals surface area contributed by atoms with Gasteiger partial charge in [0.15, 0.2) is 0 Å². The highest BCUT2D eigenvalue weighted by molar-refractivity contribution is 4.67. The predicted octanol–water partition coefficient (Wildman–Crippen LogP) is 0.189. The molecule has 1 aliphatic heterocycles. The van der Waals surface area contributed by atoms with E-state index in [0.29, 0.717) is 6.54 Å². The fourth-order valence-corrected chi connectivity index (χ4v) is 1.15. The third-order valence-electron chi connectivity index (χ3n) is 1.69. The van der Waals surface area contributed by atoms with Crippen molar-refractivity contribution in [1.29, 1.82) is 0 Å². The number of hydrogen-bond acceptors (Lipinski definition) is 3. The molecule has 1 heterocycles. The summed E-state index contributed by atoms with van der Waals surface area (Å²) >= 11 is 0. The summed E-state index contributed by atoms with van der Waals surface area (Å²) in [4.78, 5) is 0. The number of rotatable bonds is 0. The summed E-state index contributed by atoms with van der Waals surface area (Å²) in [6.45, 7) is 1.42. The second kappa shape index (κ2) is 3.15. The predicted molar refractivity (Wildman–Crippen MR) is 35.2 cm³/mol. The van der Waals surface area contributed by atoms with Gasteiger partial charge in [0.2, 0.25) is 0 Å². The minimum absolute atomic E-state index is 0.178. The van der Waals surface area contributed by atoms with Crippen LogP contribution in [0.2, 0.25) is 0 Å². The van der Waals surface area contributed by atoms with Crippen LogP contribution in [0.1, 0.15) is 19.3 Å². The summed E-state index contributed by atoms with van der Waals surface area (Å²) in [7, 11) is 0. The fraction of sp³-hybridized carbons (Fsp3) is 1.00. The molecule has 3 nitrogen and oxygen atoms in total. The van der Waals surface area contributed by atoms with E-state index in [4.69, 9.17) is 10.9 Å². The van der Waals surface area contributed by atoms with Crippen molar-refractivity contribution < 1.29 is 5.21 Å². The van der Waals surface area contributed by atoms with Gasteiger partial charge in [-0.05, 0) is 12.8 Å². The number of nitrogens with zero attached hydrogens (tertiary/aromatic N) is 1. The molecule has 0 aromatic rings. The SMILES string of the molecule is NC1CCCCN(O)C1. The van der Waals surface area contributed by atoms with Crippen LogP contribution >= 0.6 is 0 Å². The molecular weight excluding hydrogens is 116 g/mol. The molecule has 0 bridgehead atoms. The Balaban J connectivity index is 2.29. The highest BCUT2D eigenvalue weighted by Gasteiger charge is 2.11. The van der Waals surface area contributed by atoms with Gasteiger partial charge in [-0.15, -0.1) is 0 Å². The molecule has 0 aliphatic carbocycles. The van der Waals surface area contributed by atoms with Crippen LogP contribution in [0.4, 0.5) is 0 Å². The molecule has 0 aromatic heterocycles. The van der Waals surface area contributed by atoms with Crippen LogP contribution in [-0.2, 0) is 0 Å². The Bertz CT molecular complexity index is 77.1. The van der Waals surface area contributed by atoms with Crippen molar-refractivity contribution in [3.05, 3.63) is 0 Å². The first-order chi connectivity index (χ1) is 4.29. The molecule has 1 unspecified atom stereocenters. The first-order valence-electron chi connectivity index (χ1n) is 3.48. The molecule has 1 rings (SSSR count). The minimum atomic E-state index is 0.178. The first-order valence-corrected chi connectivity index (χ1v) is 3.48. The van der Waals surface area contributed by atoms with Gasteiger partial charge in [0.25, 0.3) is 0 Å². The molecule has 1 aliphatic rings. The summed E-state index contributed by atoms with van der Waals surface area (Å²) in [5.41, 5.74) is 5.62. The summed E-state index contributed by atoms with van der Waals surface area (Å²) in [6.07, 6.45) is 3.28. The van der Waals surface area contributed by atoms with Crippen LogP contribution in [0.25, 0.3) is 0 Å². The third-order valence-corrected chi connectivity index (χ3v) is 1.69. The normalized spacial score (nSPS) is 32.0. The average molecular weight is 130 g/mol. The zero-order valence-electron chi connectivity index (χ0n) is 5.58. The van der Waals surface area contributed by atoms with Gasteiger partial charge in [0, 0.05) is 19.1 Å². The molecule has 0 radical (unpaired) electrons. The van der Waals surface area contributed by atoms with Crippen LogP contribution < -0.4 is 5.73 Å². The number of hydroxylamine groups is 2. The third kappa shape index (κ3) is 2.30. The van der Waals surface area contributed by atoms with Crippen molar-refractivity contribution in [3.63, 3.8) is 0 Å². The van der Waals surface area contributed by atoms with Crippen LogP contribution in [-0.4, -0.2) is 29.4 Å². The molecule has 54 valence electrons. The van der Waals surface area contributed by atoms with Gasteiger partial charge >= 0.3 is 0 Å². The second-order valence-corrected chi connectivity index (χ2v) is 2.67. The largest absolute Gasteiger partial charge is 0.326 e. The van der Waals surface area contributed by atoms with Crippen molar-refractivity contribution >= 4 is 0 Å². The molecule has 1 fully saturated rings. The van der Waals surface area contributed by atoms with Crippen molar-refractivity contribution in [2.24, 2.45) is 5.73 Å². The van der Waals surface area contributed by atoms with Gasteiger partial charge in [-0.2, -0.15) is 5.06 Å². The Kier molecular flexibility index (Phi) is 2.45. The van der Waals surface area contributed by atoms with E-state index in [2.05, 4.69) is 0 Å². The maximum atomic E-state index is 9.01. The molecule has 0 amide bonds. The van der Waals surface area contributed by atoms with Crippen molar-refractivity contribution in [3.8, 4) is 0 Å². The molecule has 0 saturated carbocycles. The van der Waals surface area contributed by atoms with E-state index in [0.717, 1.165) is 25.8 Å². The summed E-state index contributed by atoms with van der Waals surface area (Å²) in [6, 6.07) is 0.178.